The molecule has 2 rings (SSSR count). The Balaban J connectivity index is 2.58. The number of anilines is 1. The number of nitrogen functional groups attached to an aromatic ring is 1. The molecule has 0 bridgehead atoms. The summed E-state index contributed by atoms with van der Waals surface area (Å²) in [6, 6.07) is 13.7. The highest BCUT2D eigenvalue weighted by Crippen LogP contribution is 2.36. The molecule has 0 aliphatic heterocycles. The third kappa shape index (κ3) is 2.72. The van der Waals surface area contributed by atoms with E-state index in [4.69, 9.17) is 11.0 Å². The molecule has 6 heteroatoms. The zero-order chi connectivity index (χ0) is 14.5. The SMILES string of the molecule is CSc1c(C#N)c(N)nc(Sc2ccccc2)c1C#N. The van der Waals surface area contributed by atoms with E-state index < -0.39 is 0 Å². The maximum atomic E-state index is 9.35. The van der Waals surface area contributed by atoms with Crippen molar-refractivity contribution >= 4 is 29.3 Å². The second kappa shape index (κ2) is 6.33. The van der Waals surface area contributed by atoms with E-state index in [1.807, 2.05) is 42.7 Å². The maximum absolute atomic E-state index is 9.35. The summed E-state index contributed by atoms with van der Waals surface area (Å²) in [6.07, 6.45) is 1.81. The van der Waals surface area contributed by atoms with Gasteiger partial charge in [-0.05, 0) is 18.4 Å². The Labute approximate surface area is 125 Å². The van der Waals surface area contributed by atoms with E-state index in [1.54, 1.807) is 0 Å². The molecule has 0 aliphatic rings. The highest BCUT2D eigenvalue weighted by molar-refractivity contribution is 8.00. The van der Waals surface area contributed by atoms with Gasteiger partial charge in [-0.15, -0.1) is 11.8 Å². The van der Waals surface area contributed by atoms with Crippen LogP contribution in [0.2, 0.25) is 0 Å². The normalized spacial score (nSPS) is 9.75. The highest BCUT2D eigenvalue weighted by atomic mass is 32.2. The minimum absolute atomic E-state index is 0.161. The van der Waals surface area contributed by atoms with Gasteiger partial charge in [0.25, 0.3) is 0 Å². The van der Waals surface area contributed by atoms with Crippen molar-refractivity contribution in [2.24, 2.45) is 0 Å². The first-order valence-corrected chi connectivity index (χ1v) is 7.66. The quantitative estimate of drug-likeness (QED) is 0.875. The average molecular weight is 298 g/mol. The molecule has 1 heterocycles. The van der Waals surface area contributed by atoms with Crippen LogP contribution in [0.15, 0.2) is 45.1 Å². The second-order valence-corrected chi connectivity index (χ2v) is 5.60. The predicted octanol–water partition coefficient (Wildman–Crippen LogP) is 3.28. The molecule has 0 radical (unpaired) electrons. The largest absolute Gasteiger partial charge is 0.383 e. The fourth-order valence-corrected chi connectivity index (χ4v) is 3.32. The summed E-state index contributed by atoms with van der Waals surface area (Å²) in [5.41, 5.74) is 6.49. The molecule has 98 valence electrons. The van der Waals surface area contributed by atoms with E-state index in [0.29, 0.717) is 15.5 Å². The van der Waals surface area contributed by atoms with Crippen molar-refractivity contribution in [3.63, 3.8) is 0 Å². The van der Waals surface area contributed by atoms with Gasteiger partial charge >= 0.3 is 0 Å². The summed E-state index contributed by atoms with van der Waals surface area (Å²) in [5, 5.41) is 19.0. The van der Waals surface area contributed by atoms with E-state index in [9.17, 15) is 5.26 Å². The Morgan fingerprint density at radius 2 is 1.75 bits per heavy atom. The van der Waals surface area contributed by atoms with Gasteiger partial charge in [0.2, 0.25) is 0 Å². The van der Waals surface area contributed by atoms with Gasteiger partial charge in [0.1, 0.15) is 28.5 Å². The minimum atomic E-state index is 0.161. The third-order valence-corrected chi connectivity index (χ3v) is 4.34. The Bertz CT molecular complexity index is 715. The molecule has 20 heavy (non-hydrogen) atoms. The van der Waals surface area contributed by atoms with Crippen molar-refractivity contribution < 1.29 is 0 Å². The molecular weight excluding hydrogens is 288 g/mol. The lowest BCUT2D eigenvalue weighted by molar-refractivity contribution is 1.06. The summed E-state index contributed by atoms with van der Waals surface area (Å²) in [5.74, 6) is 0.161. The van der Waals surface area contributed by atoms with Crippen LogP contribution in [0.25, 0.3) is 0 Å². The number of benzene rings is 1. The fraction of sp³-hybridized carbons (Fsp3) is 0.0714. The van der Waals surface area contributed by atoms with Crippen molar-refractivity contribution in [1.82, 2.24) is 4.98 Å². The van der Waals surface area contributed by atoms with E-state index in [0.717, 1.165) is 4.90 Å². The molecule has 0 atom stereocenters. The van der Waals surface area contributed by atoms with Crippen LogP contribution in [-0.4, -0.2) is 11.2 Å². The van der Waals surface area contributed by atoms with Crippen molar-refractivity contribution in [1.29, 1.82) is 10.5 Å². The first-order valence-electron chi connectivity index (χ1n) is 5.61. The molecule has 0 unspecified atom stereocenters. The Morgan fingerprint density at radius 3 is 2.30 bits per heavy atom. The molecule has 0 amide bonds. The third-order valence-electron chi connectivity index (χ3n) is 2.53. The monoisotopic (exact) mass is 298 g/mol. The molecule has 2 aromatic rings. The van der Waals surface area contributed by atoms with Gasteiger partial charge in [-0.3, -0.25) is 0 Å². The zero-order valence-corrected chi connectivity index (χ0v) is 12.3. The first-order chi connectivity index (χ1) is 9.71. The van der Waals surface area contributed by atoms with E-state index in [2.05, 4.69) is 11.1 Å². The maximum Gasteiger partial charge on any atom is 0.143 e. The van der Waals surface area contributed by atoms with Crippen LogP contribution in [0.4, 0.5) is 5.82 Å². The topological polar surface area (TPSA) is 86.5 Å². The van der Waals surface area contributed by atoms with Crippen molar-refractivity contribution in [3.8, 4) is 12.1 Å². The van der Waals surface area contributed by atoms with Crippen LogP contribution in [0.1, 0.15) is 11.1 Å². The Kier molecular flexibility index (Phi) is 4.52. The number of hydrogen-bond donors (Lipinski definition) is 1. The molecule has 0 saturated carbocycles. The van der Waals surface area contributed by atoms with Crippen molar-refractivity contribution in [2.45, 2.75) is 14.8 Å². The Hall–Kier alpha value is -2.15. The molecule has 2 N–H and O–H groups in total. The molecule has 0 aliphatic carbocycles. The first kappa shape index (κ1) is 14.3. The van der Waals surface area contributed by atoms with Gasteiger partial charge in [0, 0.05) is 9.79 Å². The predicted molar refractivity (Wildman–Crippen MR) is 80.4 cm³/mol. The van der Waals surface area contributed by atoms with Crippen LogP contribution >= 0.6 is 23.5 Å². The van der Waals surface area contributed by atoms with Crippen molar-refractivity contribution in [3.05, 3.63) is 41.5 Å². The average Bonchev–Trinajstić information content (AvgIpc) is 2.47. The van der Waals surface area contributed by atoms with E-state index in [1.165, 1.54) is 23.5 Å². The van der Waals surface area contributed by atoms with Crippen LogP contribution in [0.5, 0.6) is 0 Å². The number of thioether (sulfide) groups is 1. The summed E-state index contributed by atoms with van der Waals surface area (Å²) in [6.45, 7) is 0. The molecule has 1 aromatic carbocycles. The standard InChI is InChI=1S/C14H10N4S2/c1-19-12-10(7-15)13(17)18-14(11(12)8-16)20-9-5-3-2-4-6-9/h2-6H,1H3,(H2,17,18). The molecule has 1 aromatic heterocycles. The second-order valence-electron chi connectivity index (χ2n) is 3.72. The molecule has 0 saturated heterocycles. The van der Waals surface area contributed by atoms with Gasteiger partial charge in [0.15, 0.2) is 0 Å². The van der Waals surface area contributed by atoms with Gasteiger partial charge in [0.05, 0.1) is 5.56 Å². The van der Waals surface area contributed by atoms with Crippen LogP contribution < -0.4 is 5.73 Å². The lowest BCUT2D eigenvalue weighted by Crippen LogP contribution is -2.02. The zero-order valence-electron chi connectivity index (χ0n) is 10.6. The summed E-state index contributed by atoms with van der Waals surface area (Å²) < 4.78 is 0. The number of rotatable bonds is 3. The summed E-state index contributed by atoms with van der Waals surface area (Å²) >= 11 is 2.70. The molecule has 0 spiro atoms. The number of pyridine rings is 1. The smallest absolute Gasteiger partial charge is 0.143 e. The van der Waals surface area contributed by atoms with Crippen LogP contribution in [0.3, 0.4) is 0 Å². The lowest BCUT2D eigenvalue weighted by Gasteiger charge is -2.10. The molecule has 0 fully saturated rings. The minimum Gasteiger partial charge on any atom is -0.383 e. The Morgan fingerprint density at radius 1 is 1.10 bits per heavy atom. The van der Waals surface area contributed by atoms with Crippen molar-refractivity contribution in [2.75, 3.05) is 12.0 Å². The summed E-state index contributed by atoms with van der Waals surface area (Å²) in [4.78, 5) is 5.75. The van der Waals surface area contributed by atoms with E-state index in [-0.39, 0.29) is 11.4 Å². The number of nitriles is 2. The number of aromatic nitrogens is 1. The van der Waals surface area contributed by atoms with Crippen LogP contribution in [0, 0.1) is 22.7 Å². The number of hydrogen-bond acceptors (Lipinski definition) is 6. The molecule has 4 nitrogen and oxygen atoms in total. The fourth-order valence-electron chi connectivity index (χ4n) is 1.64. The van der Waals surface area contributed by atoms with Gasteiger partial charge in [-0.25, -0.2) is 4.98 Å². The lowest BCUT2D eigenvalue weighted by atomic mass is 10.2. The summed E-state index contributed by atoms with van der Waals surface area (Å²) in [7, 11) is 0. The highest BCUT2D eigenvalue weighted by Gasteiger charge is 2.18. The van der Waals surface area contributed by atoms with Gasteiger partial charge < -0.3 is 5.73 Å². The van der Waals surface area contributed by atoms with Gasteiger partial charge in [-0.1, -0.05) is 30.0 Å². The number of nitrogens with zero attached hydrogens (tertiary/aromatic N) is 3. The van der Waals surface area contributed by atoms with Crippen LogP contribution in [-0.2, 0) is 0 Å². The number of nitrogens with two attached hydrogens (primary N) is 1. The molecular formula is C14H10N4S2. The van der Waals surface area contributed by atoms with E-state index >= 15 is 0 Å². The van der Waals surface area contributed by atoms with Gasteiger partial charge in [-0.2, -0.15) is 10.5 Å².